The third-order valence-corrected chi connectivity index (χ3v) is 3.96. The van der Waals surface area contributed by atoms with E-state index in [1.807, 2.05) is 18.2 Å². The number of ether oxygens (including phenoxy) is 1. The number of rotatable bonds is 2. The highest BCUT2D eigenvalue weighted by molar-refractivity contribution is 5.68. The van der Waals surface area contributed by atoms with Gasteiger partial charge in [-0.1, -0.05) is 18.2 Å². The first-order valence-corrected chi connectivity index (χ1v) is 7.43. The molecule has 2 atom stereocenters. The molecule has 2 aliphatic heterocycles. The summed E-state index contributed by atoms with van der Waals surface area (Å²) >= 11 is 0. The molecule has 6 heteroatoms. The van der Waals surface area contributed by atoms with Crippen LogP contribution in [-0.2, 0) is 4.74 Å². The van der Waals surface area contributed by atoms with Gasteiger partial charge in [-0.25, -0.2) is 4.79 Å². The van der Waals surface area contributed by atoms with Crippen molar-refractivity contribution in [2.45, 2.75) is 25.3 Å². The summed E-state index contributed by atoms with van der Waals surface area (Å²) in [6, 6.07) is 10.1. The highest BCUT2D eigenvalue weighted by Gasteiger charge is 2.31. The van der Waals surface area contributed by atoms with Gasteiger partial charge in [-0.3, -0.25) is 10.2 Å². The number of nitrogens with zero attached hydrogens (tertiary/aromatic N) is 2. The Morgan fingerprint density at radius 3 is 2.81 bits per heavy atom. The lowest BCUT2D eigenvalue weighted by Crippen LogP contribution is -2.54. The number of carbonyl (C=O) groups is 1. The first-order valence-electron chi connectivity index (χ1n) is 7.43. The lowest BCUT2D eigenvalue weighted by atomic mass is 10.2. The van der Waals surface area contributed by atoms with Crippen molar-refractivity contribution in [1.82, 2.24) is 10.2 Å². The van der Waals surface area contributed by atoms with E-state index in [9.17, 15) is 9.90 Å². The van der Waals surface area contributed by atoms with E-state index in [1.165, 1.54) is 4.90 Å². The normalized spacial score (nSPS) is 26.0. The Balaban J connectivity index is 1.57. The highest BCUT2D eigenvalue weighted by Crippen LogP contribution is 2.18. The van der Waals surface area contributed by atoms with E-state index >= 15 is 0 Å². The molecule has 21 heavy (non-hydrogen) atoms. The quantitative estimate of drug-likeness (QED) is 0.850. The first-order chi connectivity index (χ1) is 10.2. The van der Waals surface area contributed by atoms with Gasteiger partial charge in [0.25, 0.3) is 0 Å². The van der Waals surface area contributed by atoms with Crippen LogP contribution in [0.1, 0.15) is 12.8 Å². The third kappa shape index (κ3) is 3.28. The number of hydrogen-bond acceptors (Lipinski definition) is 5. The van der Waals surface area contributed by atoms with Gasteiger partial charge in [-0.2, -0.15) is 0 Å². The summed E-state index contributed by atoms with van der Waals surface area (Å²) in [5.74, 6) is 0. The first kappa shape index (κ1) is 14.2. The summed E-state index contributed by atoms with van der Waals surface area (Å²) in [5.41, 5.74) is 1.13. The van der Waals surface area contributed by atoms with E-state index in [0.717, 1.165) is 25.2 Å². The number of likely N-dealkylation sites (tertiary alicyclic amines) is 1. The van der Waals surface area contributed by atoms with Gasteiger partial charge in [-0.15, -0.1) is 0 Å². The van der Waals surface area contributed by atoms with Gasteiger partial charge in [-0.05, 0) is 25.0 Å². The number of benzene rings is 1. The molecule has 1 aromatic carbocycles. The summed E-state index contributed by atoms with van der Waals surface area (Å²) in [4.78, 5) is 15.6. The average Bonchev–Trinajstić information content (AvgIpc) is 2.95. The van der Waals surface area contributed by atoms with Crippen LogP contribution in [0.2, 0.25) is 0 Å². The van der Waals surface area contributed by atoms with Crippen LogP contribution in [0, 0.1) is 0 Å². The van der Waals surface area contributed by atoms with Gasteiger partial charge in [0.2, 0.25) is 0 Å². The van der Waals surface area contributed by atoms with E-state index in [4.69, 9.17) is 4.74 Å². The molecular weight excluding hydrogens is 270 g/mol. The Morgan fingerprint density at radius 2 is 2.10 bits per heavy atom. The van der Waals surface area contributed by atoms with E-state index in [0.29, 0.717) is 19.5 Å². The summed E-state index contributed by atoms with van der Waals surface area (Å²) in [7, 11) is 0. The molecule has 1 unspecified atom stereocenters. The molecule has 0 aliphatic carbocycles. The van der Waals surface area contributed by atoms with E-state index in [-0.39, 0.29) is 6.23 Å². The number of anilines is 1. The third-order valence-electron chi connectivity index (χ3n) is 3.96. The fraction of sp³-hybridized carbons (Fsp3) is 0.533. The number of carbonyl (C=O) groups excluding carboxylic acids is 1. The molecule has 6 nitrogen and oxygen atoms in total. The van der Waals surface area contributed by atoms with Crippen LogP contribution in [0.5, 0.6) is 0 Å². The van der Waals surface area contributed by atoms with E-state index < -0.39 is 12.3 Å². The van der Waals surface area contributed by atoms with Crippen LogP contribution in [0.25, 0.3) is 0 Å². The molecule has 0 bridgehead atoms. The zero-order valence-corrected chi connectivity index (χ0v) is 11.9. The van der Waals surface area contributed by atoms with Crippen molar-refractivity contribution in [2.24, 2.45) is 0 Å². The van der Waals surface area contributed by atoms with Crippen LogP contribution in [-0.4, -0.2) is 54.7 Å². The smallest absolute Gasteiger partial charge is 0.413 e. The van der Waals surface area contributed by atoms with Crippen molar-refractivity contribution in [3.63, 3.8) is 0 Å². The van der Waals surface area contributed by atoms with E-state index in [1.54, 1.807) is 0 Å². The average molecular weight is 291 g/mol. The zero-order chi connectivity index (χ0) is 14.7. The van der Waals surface area contributed by atoms with Crippen molar-refractivity contribution < 1.29 is 14.6 Å². The molecule has 2 N–H and O–H groups in total. The number of aliphatic hydroxyl groups is 1. The van der Waals surface area contributed by atoms with Gasteiger partial charge in [0.15, 0.2) is 6.23 Å². The Kier molecular flexibility index (Phi) is 4.26. The van der Waals surface area contributed by atoms with Crippen molar-refractivity contribution in [3.05, 3.63) is 30.3 Å². The molecule has 2 fully saturated rings. The Labute approximate surface area is 124 Å². The Hall–Kier alpha value is -1.79. The maximum absolute atomic E-state index is 12.1. The van der Waals surface area contributed by atoms with Crippen LogP contribution < -0.4 is 10.2 Å². The lowest BCUT2D eigenvalue weighted by molar-refractivity contribution is -0.000139. The molecule has 2 saturated heterocycles. The number of piperazine rings is 1. The van der Waals surface area contributed by atoms with Crippen molar-refractivity contribution >= 4 is 11.8 Å². The molecule has 0 spiro atoms. The van der Waals surface area contributed by atoms with Crippen LogP contribution in [0.3, 0.4) is 0 Å². The molecule has 0 radical (unpaired) electrons. The van der Waals surface area contributed by atoms with E-state index in [2.05, 4.69) is 22.3 Å². The largest absolute Gasteiger partial charge is 0.428 e. The summed E-state index contributed by atoms with van der Waals surface area (Å²) < 4.78 is 5.47. The molecule has 1 aromatic rings. The number of amides is 1. The Morgan fingerprint density at radius 1 is 1.29 bits per heavy atom. The van der Waals surface area contributed by atoms with Gasteiger partial charge < -0.3 is 14.7 Å². The number of para-hydroxylation sites is 1. The van der Waals surface area contributed by atoms with Crippen LogP contribution in [0.15, 0.2) is 30.3 Å². The monoisotopic (exact) mass is 291 g/mol. The van der Waals surface area contributed by atoms with Gasteiger partial charge in [0.1, 0.15) is 6.23 Å². The van der Waals surface area contributed by atoms with Crippen LogP contribution >= 0.6 is 0 Å². The molecule has 0 aromatic heterocycles. The van der Waals surface area contributed by atoms with Crippen molar-refractivity contribution in [2.75, 3.05) is 31.1 Å². The second kappa shape index (κ2) is 6.32. The minimum absolute atomic E-state index is 0.348. The highest BCUT2D eigenvalue weighted by atomic mass is 16.6. The predicted octanol–water partition coefficient (Wildman–Crippen LogP) is 0.973. The zero-order valence-electron chi connectivity index (χ0n) is 11.9. The standard InChI is InChI=1S/C15H21N3O3/c19-14-7-4-9-18(14)15(20)21-13-11-17(10-8-16-13)12-5-2-1-3-6-12/h1-3,5-6,13-14,16,19H,4,7-11H2/t13-,14?/m0/s1. The lowest BCUT2D eigenvalue weighted by Gasteiger charge is -2.35. The SMILES string of the molecule is O=C(O[C@H]1CN(c2ccccc2)CCN1)N1CCCC1O. The maximum Gasteiger partial charge on any atom is 0.413 e. The maximum atomic E-state index is 12.1. The molecule has 2 heterocycles. The van der Waals surface area contributed by atoms with Gasteiger partial charge in [0, 0.05) is 25.3 Å². The number of nitrogens with one attached hydrogen (secondary N) is 1. The number of aliphatic hydroxyl groups excluding tert-OH is 1. The topological polar surface area (TPSA) is 65.0 Å². The van der Waals surface area contributed by atoms with Gasteiger partial charge >= 0.3 is 6.09 Å². The summed E-state index contributed by atoms with van der Waals surface area (Å²) in [6.07, 6.45) is -0.0358. The van der Waals surface area contributed by atoms with Crippen LogP contribution in [0.4, 0.5) is 10.5 Å². The fourth-order valence-electron chi connectivity index (χ4n) is 2.82. The predicted molar refractivity (Wildman–Crippen MR) is 78.9 cm³/mol. The Bertz CT molecular complexity index is 482. The van der Waals surface area contributed by atoms with Crippen molar-refractivity contribution in [3.8, 4) is 0 Å². The second-order valence-corrected chi connectivity index (χ2v) is 5.42. The van der Waals surface area contributed by atoms with Gasteiger partial charge in [0.05, 0.1) is 6.54 Å². The molecule has 0 saturated carbocycles. The molecule has 3 rings (SSSR count). The number of hydrogen-bond donors (Lipinski definition) is 2. The fourth-order valence-corrected chi connectivity index (χ4v) is 2.82. The second-order valence-electron chi connectivity index (χ2n) is 5.42. The van der Waals surface area contributed by atoms with Crippen molar-refractivity contribution in [1.29, 1.82) is 0 Å². The summed E-state index contributed by atoms with van der Waals surface area (Å²) in [5, 5.41) is 12.9. The molecule has 1 amide bonds. The summed E-state index contributed by atoms with van der Waals surface area (Å²) in [6.45, 7) is 2.81. The minimum atomic E-state index is -0.702. The molecular formula is C15H21N3O3. The minimum Gasteiger partial charge on any atom is -0.428 e. The molecule has 2 aliphatic rings. The molecule has 114 valence electrons.